The number of nitrogens with one attached hydrogen (secondary N) is 1. The first-order valence-corrected chi connectivity index (χ1v) is 3.69. The van der Waals surface area contributed by atoms with Crippen molar-refractivity contribution in [3.05, 3.63) is 0 Å². The molecule has 0 aromatic heterocycles. The molecule has 1 saturated carbocycles. The minimum atomic E-state index is -0.179. The predicted octanol–water partition coefficient (Wildman–Crippen LogP) is 0.0359. The summed E-state index contributed by atoms with van der Waals surface area (Å²) >= 11 is 0. The molecule has 1 fully saturated rings. The summed E-state index contributed by atoms with van der Waals surface area (Å²) in [7, 11) is 0. The normalized spacial score (nSPS) is 31.0. The number of rotatable bonds is 2. The summed E-state index contributed by atoms with van der Waals surface area (Å²) in [5.74, 6) is 0.0805. The van der Waals surface area contributed by atoms with Crippen LogP contribution in [-0.4, -0.2) is 23.2 Å². The van der Waals surface area contributed by atoms with Crippen LogP contribution in [-0.2, 0) is 4.79 Å². The van der Waals surface area contributed by atoms with Crippen molar-refractivity contribution in [3.63, 3.8) is 0 Å². The van der Waals surface area contributed by atoms with Gasteiger partial charge in [-0.1, -0.05) is 6.92 Å². The topological polar surface area (TPSA) is 49.3 Å². The Labute approximate surface area is 60.4 Å². The third-order valence-electron chi connectivity index (χ3n) is 1.80. The molecule has 0 bridgehead atoms. The number of aliphatic hydroxyl groups excluding tert-OH is 1. The Bertz CT molecular complexity index is 130. The van der Waals surface area contributed by atoms with Gasteiger partial charge in [-0.05, 0) is 12.8 Å². The highest BCUT2D eigenvalue weighted by Crippen LogP contribution is 2.18. The lowest BCUT2D eigenvalue weighted by Gasteiger charge is -2.31. The molecule has 0 spiro atoms. The Morgan fingerprint density at radius 2 is 2.30 bits per heavy atom. The van der Waals surface area contributed by atoms with Gasteiger partial charge in [0.2, 0.25) is 5.91 Å². The van der Waals surface area contributed by atoms with Gasteiger partial charge in [-0.25, -0.2) is 0 Å². The summed E-state index contributed by atoms with van der Waals surface area (Å²) in [4.78, 5) is 10.7. The molecule has 3 heteroatoms. The van der Waals surface area contributed by atoms with Crippen molar-refractivity contribution >= 4 is 5.91 Å². The van der Waals surface area contributed by atoms with E-state index in [0.29, 0.717) is 6.42 Å². The molecule has 0 unspecified atom stereocenters. The number of carbonyl (C=O) groups excluding carboxylic acids is 1. The Morgan fingerprint density at radius 3 is 2.70 bits per heavy atom. The van der Waals surface area contributed by atoms with Crippen molar-refractivity contribution in [2.45, 2.75) is 38.3 Å². The van der Waals surface area contributed by atoms with Crippen LogP contribution in [0.1, 0.15) is 26.2 Å². The maximum Gasteiger partial charge on any atom is 0.219 e. The maximum atomic E-state index is 10.7. The summed E-state index contributed by atoms with van der Waals surface area (Å²) in [5, 5.41) is 11.7. The lowest BCUT2D eigenvalue weighted by atomic mass is 9.89. The average molecular weight is 143 g/mol. The molecular weight excluding hydrogens is 130 g/mol. The van der Waals surface area contributed by atoms with E-state index in [1.165, 1.54) is 0 Å². The van der Waals surface area contributed by atoms with Crippen molar-refractivity contribution in [2.24, 2.45) is 0 Å². The Hall–Kier alpha value is -0.570. The van der Waals surface area contributed by atoms with Gasteiger partial charge in [0, 0.05) is 12.5 Å². The van der Waals surface area contributed by atoms with E-state index in [0.717, 1.165) is 12.8 Å². The largest absolute Gasteiger partial charge is 0.393 e. The molecule has 0 aromatic carbocycles. The molecule has 1 aliphatic carbocycles. The van der Waals surface area contributed by atoms with Crippen LogP contribution >= 0.6 is 0 Å². The first-order valence-electron chi connectivity index (χ1n) is 3.69. The molecule has 0 saturated heterocycles. The van der Waals surface area contributed by atoms with E-state index in [1.807, 2.05) is 6.92 Å². The highest BCUT2D eigenvalue weighted by molar-refractivity contribution is 5.75. The second-order valence-electron chi connectivity index (χ2n) is 2.74. The zero-order chi connectivity index (χ0) is 7.56. The molecule has 0 atom stereocenters. The Kier molecular flexibility index (Phi) is 2.27. The van der Waals surface area contributed by atoms with Gasteiger partial charge in [0.25, 0.3) is 0 Å². The van der Waals surface area contributed by atoms with Crippen molar-refractivity contribution in [3.8, 4) is 0 Å². The average Bonchev–Trinajstić information content (AvgIpc) is 1.84. The van der Waals surface area contributed by atoms with Crippen LogP contribution < -0.4 is 5.32 Å². The van der Waals surface area contributed by atoms with Crippen molar-refractivity contribution in [1.29, 1.82) is 0 Å². The third kappa shape index (κ3) is 1.70. The van der Waals surface area contributed by atoms with E-state index in [9.17, 15) is 4.79 Å². The summed E-state index contributed by atoms with van der Waals surface area (Å²) < 4.78 is 0. The van der Waals surface area contributed by atoms with Crippen LogP contribution in [0.3, 0.4) is 0 Å². The van der Waals surface area contributed by atoms with Crippen LogP contribution in [0, 0.1) is 0 Å². The summed E-state index contributed by atoms with van der Waals surface area (Å²) in [5.41, 5.74) is 0. The van der Waals surface area contributed by atoms with E-state index >= 15 is 0 Å². The second kappa shape index (κ2) is 3.01. The standard InChI is InChI=1S/C7H13NO2/c1-2-7(10)8-5-3-6(9)4-5/h5-6,9H,2-4H2,1H3,(H,8,10)/t5-,6-. The maximum absolute atomic E-state index is 10.7. The zero-order valence-electron chi connectivity index (χ0n) is 6.13. The lowest BCUT2D eigenvalue weighted by molar-refractivity contribution is -0.122. The number of hydrogen-bond acceptors (Lipinski definition) is 2. The van der Waals surface area contributed by atoms with Crippen molar-refractivity contribution in [1.82, 2.24) is 5.32 Å². The summed E-state index contributed by atoms with van der Waals surface area (Å²) in [6, 6.07) is 0.238. The van der Waals surface area contributed by atoms with Gasteiger partial charge in [-0.15, -0.1) is 0 Å². The Balaban J connectivity index is 2.10. The molecule has 0 aromatic rings. The highest BCUT2D eigenvalue weighted by Gasteiger charge is 2.27. The quantitative estimate of drug-likeness (QED) is 0.573. The Morgan fingerprint density at radius 1 is 1.70 bits per heavy atom. The fraction of sp³-hybridized carbons (Fsp3) is 0.857. The smallest absolute Gasteiger partial charge is 0.219 e. The fourth-order valence-electron chi connectivity index (χ4n) is 1.04. The molecule has 1 amide bonds. The minimum absolute atomic E-state index is 0.0805. The summed E-state index contributed by atoms with van der Waals surface area (Å²) in [6.07, 6.45) is 1.81. The number of amides is 1. The number of carbonyl (C=O) groups is 1. The SMILES string of the molecule is CCC(=O)N[C@H]1C[C@H](O)C1. The first-order chi connectivity index (χ1) is 4.72. The van der Waals surface area contributed by atoms with Gasteiger partial charge >= 0.3 is 0 Å². The van der Waals surface area contributed by atoms with E-state index in [-0.39, 0.29) is 18.1 Å². The van der Waals surface area contributed by atoms with Crippen LogP contribution in [0.15, 0.2) is 0 Å². The summed E-state index contributed by atoms with van der Waals surface area (Å²) in [6.45, 7) is 1.82. The lowest BCUT2D eigenvalue weighted by Crippen LogP contribution is -2.46. The molecule has 0 aliphatic heterocycles. The van der Waals surface area contributed by atoms with E-state index < -0.39 is 0 Å². The molecule has 0 radical (unpaired) electrons. The van der Waals surface area contributed by atoms with Gasteiger partial charge < -0.3 is 10.4 Å². The number of aliphatic hydroxyl groups is 1. The van der Waals surface area contributed by atoms with E-state index in [1.54, 1.807) is 0 Å². The van der Waals surface area contributed by atoms with Crippen molar-refractivity contribution in [2.75, 3.05) is 0 Å². The van der Waals surface area contributed by atoms with Gasteiger partial charge in [-0.2, -0.15) is 0 Å². The van der Waals surface area contributed by atoms with E-state index in [2.05, 4.69) is 5.32 Å². The van der Waals surface area contributed by atoms with Gasteiger partial charge in [0.05, 0.1) is 6.10 Å². The third-order valence-corrected chi connectivity index (χ3v) is 1.80. The van der Waals surface area contributed by atoms with Crippen LogP contribution in [0.5, 0.6) is 0 Å². The number of hydrogen-bond donors (Lipinski definition) is 2. The van der Waals surface area contributed by atoms with Gasteiger partial charge in [0.15, 0.2) is 0 Å². The molecule has 1 rings (SSSR count). The first kappa shape index (κ1) is 7.54. The molecule has 58 valence electrons. The van der Waals surface area contributed by atoms with Crippen molar-refractivity contribution < 1.29 is 9.90 Å². The molecule has 1 aliphatic rings. The monoisotopic (exact) mass is 143 g/mol. The molecule has 10 heavy (non-hydrogen) atoms. The fourth-order valence-corrected chi connectivity index (χ4v) is 1.04. The molecular formula is C7H13NO2. The predicted molar refractivity (Wildman–Crippen MR) is 37.5 cm³/mol. The van der Waals surface area contributed by atoms with Gasteiger partial charge in [-0.3, -0.25) is 4.79 Å². The molecule has 3 nitrogen and oxygen atoms in total. The molecule has 0 heterocycles. The highest BCUT2D eigenvalue weighted by atomic mass is 16.3. The minimum Gasteiger partial charge on any atom is -0.393 e. The van der Waals surface area contributed by atoms with E-state index in [4.69, 9.17) is 5.11 Å². The van der Waals surface area contributed by atoms with Crippen LogP contribution in [0.4, 0.5) is 0 Å². The zero-order valence-corrected chi connectivity index (χ0v) is 6.13. The van der Waals surface area contributed by atoms with Crippen LogP contribution in [0.2, 0.25) is 0 Å². The van der Waals surface area contributed by atoms with Gasteiger partial charge in [0.1, 0.15) is 0 Å². The molecule has 2 N–H and O–H groups in total. The second-order valence-corrected chi connectivity index (χ2v) is 2.74. The van der Waals surface area contributed by atoms with Crippen LogP contribution in [0.25, 0.3) is 0 Å².